The predicted molar refractivity (Wildman–Crippen MR) is 83.1 cm³/mol. The summed E-state index contributed by atoms with van der Waals surface area (Å²) >= 11 is 0. The number of carbonyl (C=O) groups excluding carboxylic acids is 1. The fourth-order valence-corrected chi connectivity index (χ4v) is 2.54. The number of halogens is 3. The van der Waals surface area contributed by atoms with Crippen LogP contribution in [0.3, 0.4) is 0 Å². The maximum absolute atomic E-state index is 12.6. The van der Waals surface area contributed by atoms with E-state index in [0.717, 1.165) is 17.8 Å². The van der Waals surface area contributed by atoms with E-state index in [1.807, 2.05) is 18.7 Å². The average molecular weight is 329 g/mol. The van der Waals surface area contributed by atoms with E-state index in [2.05, 4.69) is 0 Å². The molecule has 7 heteroatoms. The van der Waals surface area contributed by atoms with Crippen molar-refractivity contribution in [3.05, 3.63) is 29.8 Å². The van der Waals surface area contributed by atoms with Crippen LogP contribution in [0.15, 0.2) is 24.3 Å². The van der Waals surface area contributed by atoms with Crippen molar-refractivity contribution in [3.63, 3.8) is 0 Å². The predicted octanol–water partition coefficient (Wildman–Crippen LogP) is 2.34. The van der Waals surface area contributed by atoms with E-state index < -0.39 is 17.8 Å². The Bertz CT molecular complexity index is 534. The van der Waals surface area contributed by atoms with Crippen LogP contribution in [0.2, 0.25) is 0 Å². The van der Waals surface area contributed by atoms with Crippen molar-refractivity contribution in [2.24, 2.45) is 11.7 Å². The van der Waals surface area contributed by atoms with E-state index in [1.165, 1.54) is 12.1 Å². The number of hydrogen-bond donors (Lipinski definition) is 1. The largest absolute Gasteiger partial charge is 0.416 e. The third-order valence-electron chi connectivity index (χ3n) is 4.15. The second-order valence-electron chi connectivity index (χ2n) is 6.13. The number of rotatable bonds is 3. The molecule has 0 unspecified atom stereocenters. The monoisotopic (exact) mass is 329 g/mol. The highest BCUT2D eigenvalue weighted by Crippen LogP contribution is 2.30. The molecule has 1 atom stereocenters. The van der Waals surface area contributed by atoms with Crippen molar-refractivity contribution in [2.45, 2.75) is 26.1 Å². The van der Waals surface area contributed by atoms with Crippen LogP contribution >= 0.6 is 0 Å². The summed E-state index contributed by atoms with van der Waals surface area (Å²) in [5.74, 6) is 0.0162. The zero-order valence-corrected chi connectivity index (χ0v) is 13.3. The van der Waals surface area contributed by atoms with Gasteiger partial charge in [-0.25, -0.2) is 0 Å². The van der Waals surface area contributed by atoms with Gasteiger partial charge in [-0.15, -0.1) is 0 Å². The molecule has 1 amide bonds. The summed E-state index contributed by atoms with van der Waals surface area (Å²) in [6.45, 7) is 6.03. The van der Waals surface area contributed by atoms with E-state index in [4.69, 9.17) is 5.73 Å². The van der Waals surface area contributed by atoms with Gasteiger partial charge in [-0.05, 0) is 30.2 Å². The van der Waals surface area contributed by atoms with E-state index >= 15 is 0 Å². The molecule has 0 saturated carbocycles. The lowest BCUT2D eigenvalue weighted by molar-refractivity contribution is -0.137. The van der Waals surface area contributed by atoms with Crippen molar-refractivity contribution in [2.75, 3.05) is 31.1 Å². The molecule has 0 aromatic heterocycles. The van der Waals surface area contributed by atoms with E-state index in [1.54, 1.807) is 4.90 Å². The van der Waals surface area contributed by atoms with Gasteiger partial charge in [-0.2, -0.15) is 13.2 Å². The number of nitrogens with two attached hydrogens (primary N) is 1. The van der Waals surface area contributed by atoms with Gasteiger partial charge in [0.05, 0.1) is 11.6 Å². The van der Waals surface area contributed by atoms with Gasteiger partial charge in [0.2, 0.25) is 5.91 Å². The molecule has 0 radical (unpaired) electrons. The van der Waals surface area contributed by atoms with E-state index in [9.17, 15) is 18.0 Å². The number of carbonyl (C=O) groups is 1. The van der Waals surface area contributed by atoms with Gasteiger partial charge < -0.3 is 15.5 Å². The Kier molecular flexibility index (Phi) is 5.19. The van der Waals surface area contributed by atoms with Crippen LogP contribution in [0.25, 0.3) is 0 Å². The number of amides is 1. The highest BCUT2D eigenvalue weighted by molar-refractivity contribution is 5.82. The maximum atomic E-state index is 12.6. The molecular weight excluding hydrogens is 307 g/mol. The number of piperazine rings is 1. The molecule has 1 aliphatic heterocycles. The van der Waals surface area contributed by atoms with Crippen LogP contribution < -0.4 is 10.6 Å². The topological polar surface area (TPSA) is 49.6 Å². The van der Waals surface area contributed by atoms with Gasteiger partial charge in [0.1, 0.15) is 0 Å². The number of alkyl halides is 3. The first-order valence-electron chi connectivity index (χ1n) is 7.66. The Hall–Kier alpha value is -1.76. The molecule has 1 aromatic carbocycles. The lowest BCUT2D eigenvalue weighted by Gasteiger charge is -2.37. The van der Waals surface area contributed by atoms with Gasteiger partial charge >= 0.3 is 6.18 Å². The third-order valence-corrected chi connectivity index (χ3v) is 4.15. The Morgan fingerprint density at radius 1 is 1.09 bits per heavy atom. The lowest BCUT2D eigenvalue weighted by atomic mass is 10.0. The van der Waals surface area contributed by atoms with Crippen LogP contribution in [0, 0.1) is 5.92 Å². The normalized spacial score (nSPS) is 17.5. The second-order valence-corrected chi connectivity index (χ2v) is 6.13. The molecule has 1 saturated heterocycles. The average Bonchev–Trinajstić information content (AvgIpc) is 2.53. The van der Waals surface area contributed by atoms with Crippen molar-refractivity contribution in [3.8, 4) is 0 Å². The smallest absolute Gasteiger partial charge is 0.368 e. The van der Waals surface area contributed by atoms with Crippen molar-refractivity contribution in [1.29, 1.82) is 0 Å². The standard InChI is InChI=1S/C16H22F3N3O/c1-11(2)14(20)15(23)22-9-7-21(8-10-22)13-5-3-12(4-6-13)16(17,18)19/h3-6,11,14H,7-10,20H2,1-2H3/t14-/m0/s1. The Labute approximate surface area is 134 Å². The van der Waals surface area contributed by atoms with E-state index in [0.29, 0.717) is 26.2 Å². The van der Waals surface area contributed by atoms with Gasteiger partial charge in [0, 0.05) is 31.9 Å². The SMILES string of the molecule is CC(C)[C@H](N)C(=O)N1CCN(c2ccc(C(F)(F)F)cc2)CC1. The van der Waals surface area contributed by atoms with Crippen molar-refractivity contribution in [1.82, 2.24) is 4.90 Å². The van der Waals surface area contributed by atoms with Crippen molar-refractivity contribution < 1.29 is 18.0 Å². The summed E-state index contributed by atoms with van der Waals surface area (Å²) in [6.07, 6.45) is -4.32. The minimum atomic E-state index is -4.32. The number of hydrogen-bond acceptors (Lipinski definition) is 3. The summed E-state index contributed by atoms with van der Waals surface area (Å²) < 4.78 is 37.7. The molecule has 1 fully saturated rings. The molecule has 0 spiro atoms. The zero-order chi connectivity index (χ0) is 17.2. The zero-order valence-electron chi connectivity index (χ0n) is 13.3. The maximum Gasteiger partial charge on any atom is 0.416 e. The minimum Gasteiger partial charge on any atom is -0.368 e. The molecular formula is C16H22F3N3O. The Balaban J connectivity index is 1.95. The summed E-state index contributed by atoms with van der Waals surface area (Å²) in [5.41, 5.74) is 5.96. The number of benzene rings is 1. The van der Waals surface area contributed by atoms with Gasteiger partial charge in [0.15, 0.2) is 0 Å². The molecule has 128 valence electrons. The van der Waals surface area contributed by atoms with Crippen LogP contribution in [-0.2, 0) is 11.0 Å². The molecule has 0 aliphatic carbocycles. The molecule has 2 rings (SSSR count). The number of anilines is 1. The quantitative estimate of drug-likeness (QED) is 0.926. The van der Waals surface area contributed by atoms with Crippen LogP contribution in [-0.4, -0.2) is 43.0 Å². The lowest BCUT2D eigenvalue weighted by Crippen LogP contribution is -2.54. The van der Waals surface area contributed by atoms with Crippen LogP contribution in [0.4, 0.5) is 18.9 Å². The summed E-state index contributed by atoms with van der Waals surface area (Å²) in [5, 5.41) is 0. The number of nitrogens with zero attached hydrogens (tertiary/aromatic N) is 2. The highest BCUT2D eigenvalue weighted by Gasteiger charge is 2.31. The third kappa shape index (κ3) is 4.16. The van der Waals surface area contributed by atoms with Crippen LogP contribution in [0.5, 0.6) is 0 Å². The molecule has 1 aromatic rings. The molecule has 0 bridgehead atoms. The fraction of sp³-hybridized carbons (Fsp3) is 0.562. The summed E-state index contributed by atoms with van der Waals surface area (Å²) in [7, 11) is 0. The van der Waals surface area contributed by atoms with E-state index in [-0.39, 0.29) is 11.8 Å². The Morgan fingerprint density at radius 2 is 1.61 bits per heavy atom. The summed E-state index contributed by atoms with van der Waals surface area (Å²) in [6, 6.07) is 4.61. The first kappa shape index (κ1) is 17.6. The van der Waals surface area contributed by atoms with Crippen molar-refractivity contribution >= 4 is 11.6 Å². The van der Waals surface area contributed by atoms with Gasteiger partial charge in [0.25, 0.3) is 0 Å². The van der Waals surface area contributed by atoms with Crippen LogP contribution in [0.1, 0.15) is 19.4 Å². The molecule has 4 nitrogen and oxygen atoms in total. The summed E-state index contributed by atoms with van der Waals surface area (Å²) in [4.78, 5) is 15.9. The van der Waals surface area contributed by atoms with Gasteiger partial charge in [-0.1, -0.05) is 13.8 Å². The second kappa shape index (κ2) is 6.78. The minimum absolute atomic E-state index is 0.0629. The molecule has 1 heterocycles. The highest BCUT2D eigenvalue weighted by atomic mass is 19.4. The molecule has 2 N–H and O–H groups in total. The fourth-order valence-electron chi connectivity index (χ4n) is 2.54. The first-order chi connectivity index (χ1) is 10.7. The van der Waals surface area contributed by atoms with Gasteiger partial charge in [-0.3, -0.25) is 4.79 Å². The first-order valence-corrected chi connectivity index (χ1v) is 7.66. The Morgan fingerprint density at radius 3 is 2.04 bits per heavy atom. The molecule has 23 heavy (non-hydrogen) atoms. The molecule has 1 aliphatic rings.